The third-order valence-electron chi connectivity index (χ3n) is 4.12. The predicted molar refractivity (Wildman–Crippen MR) is 96.6 cm³/mol. The van der Waals surface area contributed by atoms with Crippen molar-refractivity contribution in [2.24, 2.45) is 0 Å². The second kappa shape index (κ2) is 6.00. The molecule has 1 aromatic carbocycles. The number of anilines is 1. The van der Waals surface area contributed by atoms with E-state index in [0.717, 1.165) is 16.7 Å². The van der Waals surface area contributed by atoms with E-state index >= 15 is 0 Å². The van der Waals surface area contributed by atoms with Gasteiger partial charge in [-0.1, -0.05) is 20.8 Å². The SMILES string of the molecule is COC(=O)c1ccc2c(c1)nc(N)c1nc(C(C)(C)C)n(CCO)c12. The number of rotatable bonds is 3. The zero-order chi connectivity index (χ0) is 18.4. The first-order valence-corrected chi connectivity index (χ1v) is 8.07. The molecule has 25 heavy (non-hydrogen) atoms. The van der Waals surface area contributed by atoms with Crippen LogP contribution < -0.4 is 5.73 Å². The van der Waals surface area contributed by atoms with Crippen LogP contribution in [0.25, 0.3) is 21.9 Å². The summed E-state index contributed by atoms with van der Waals surface area (Å²) in [7, 11) is 1.34. The Balaban J connectivity index is 2.40. The number of nitrogen functional groups attached to an aromatic ring is 1. The standard InChI is InChI=1S/C18H22N4O3/c1-18(2,3)17-21-13-14(22(17)7-8-23)11-6-5-10(16(24)25-4)9-12(11)20-15(13)19/h5-6,9,23H,7-8H2,1-4H3,(H2,19,20). The van der Waals surface area contributed by atoms with E-state index in [1.54, 1.807) is 12.1 Å². The van der Waals surface area contributed by atoms with E-state index in [1.165, 1.54) is 7.11 Å². The maximum atomic E-state index is 11.8. The molecule has 0 atom stereocenters. The highest BCUT2D eigenvalue weighted by Crippen LogP contribution is 2.33. The van der Waals surface area contributed by atoms with Crippen LogP contribution in [0.15, 0.2) is 18.2 Å². The Hall–Kier alpha value is -2.67. The summed E-state index contributed by atoms with van der Waals surface area (Å²) >= 11 is 0. The van der Waals surface area contributed by atoms with Crippen molar-refractivity contribution >= 4 is 33.7 Å². The first-order valence-electron chi connectivity index (χ1n) is 8.07. The van der Waals surface area contributed by atoms with Gasteiger partial charge in [0.2, 0.25) is 0 Å². The highest BCUT2D eigenvalue weighted by molar-refractivity contribution is 6.08. The van der Waals surface area contributed by atoms with Crippen molar-refractivity contribution in [2.45, 2.75) is 32.7 Å². The molecule has 0 aliphatic carbocycles. The van der Waals surface area contributed by atoms with Gasteiger partial charge >= 0.3 is 5.97 Å². The van der Waals surface area contributed by atoms with Crippen LogP contribution in [0.4, 0.5) is 5.82 Å². The van der Waals surface area contributed by atoms with Crippen LogP contribution in [0.1, 0.15) is 37.0 Å². The smallest absolute Gasteiger partial charge is 0.337 e. The molecule has 0 saturated heterocycles. The van der Waals surface area contributed by atoms with Gasteiger partial charge in [-0.25, -0.2) is 14.8 Å². The van der Waals surface area contributed by atoms with Crippen LogP contribution in [0.5, 0.6) is 0 Å². The van der Waals surface area contributed by atoms with Gasteiger partial charge in [0.15, 0.2) is 5.82 Å². The Morgan fingerprint density at radius 3 is 2.64 bits per heavy atom. The first-order chi connectivity index (χ1) is 11.8. The zero-order valence-corrected chi connectivity index (χ0v) is 14.8. The van der Waals surface area contributed by atoms with E-state index in [9.17, 15) is 9.90 Å². The minimum atomic E-state index is -0.429. The highest BCUT2D eigenvalue weighted by Gasteiger charge is 2.25. The lowest BCUT2D eigenvalue weighted by Gasteiger charge is -2.19. The van der Waals surface area contributed by atoms with Crippen LogP contribution in [0, 0.1) is 0 Å². The number of carbonyl (C=O) groups is 1. The fourth-order valence-electron chi connectivity index (χ4n) is 3.05. The number of ether oxygens (including phenoxy) is 1. The van der Waals surface area contributed by atoms with Gasteiger partial charge in [-0.3, -0.25) is 0 Å². The molecule has 132 valence electrons. The third kappa shape index (κ3) is 2.80. The first kappa shape index (κ1) is 17.2. The Kier molecular flexibility index (Phi) is 4.12. The van der Waals surface area contributed by atoms with E-state index < -0.39 is 5.97 Å². The normalized spacial score (nSPS) is 12.0. The number of aromatic nitrogens is 3. The summed E-state index contributed by atoms with van der Waals surface area (Å²) in [5.74, 6) is 0.697. The number of hydrogen-bond acceptors (Lipinski definition) is 6. The molecule has 0 saturated carbocycles. The van der Waals surface area contributed by atoms with Crippen LogP contribution in [-0.2, 0) is 16.7 Å². The molecule has 7 heteroatoms. The summed E-state index contributed by atoms with van der Waals surface area (Å²) in [5, 5.41) is 10.3. The molecule has 0 aliphatic rings. The Labute approximate surface area is 145 Å². The van der Waals surface area contributed by atoms with Crippen molar-refractivity contribution in [3.05, 3.63) is 29.6 Å². The number of esters is 1. The zero-order valence-electron chi connectivity index (χ0n) is 14.8. The van der Waals surface area contributed by atoms with Crippen LogP contribution in [0.2, 0.25) is 0 Å². The molecule has 0 radical (unpaired) electrons. The number of carbonyl (C=O) groups excluding carboxylic acids is 1. The summed E-state index contributed by atoms with van der Waals surface area (Å²) in [6.07, 6.45) is 0. The second-order valence-electron chi connectivity index (χ2n) is 6.98. The van der Waals surface area contributed by atoms with E-state index in [1.807, 2.05) is 10.6 Å². The average molecular weight is 342 g/mol. The van der Waals surface area contributed by atoms with Crippen molar-refractivity contribution < 1.29 is 14.6 Å². The largest absolute Gasteiger partial charge is 0.465 e. The summed E-state index contributed by atoms with van der Waals surface area (Å²) in [5.41, 5.74) is 8.34. The number of hydrogen-bond donors (Lipinski definition) is 2. The Bertz CT molecular complexity index is 970. The molecule has 0 amide bonds. The van der Waals surface area contributed by atoms with E-state index in [4.69, 9.17) is 15.5 Å². The number of methoxy groups -OCH3 is 1. The summed E-state index contributed by atoms with van der Waals surface area (Å²) in [6, 6.07) is 5.17. The molecule has 0 spiro atoms. The number of aliphatic hydroxyl groups excluding tert-OH is 1. The molecule has 7 nitrogen and oxygen atoms in total. The van der Waals surface area contributed by atoms with Gasteiger partial charge in [0.25, 0.3) is 0 Å². The lowest BCUT2D eigenvalue weighted by Crippen LogP contribution is -2.20. The predicted octanol–water partition coefficient (Wildman–Crippen LogP) is 2.24. The molecule has 3 N–H and O–H groups in total. The van der Waals surface area contributed by atoms with Crippen molar-refractivity contribution in [1.29, 1.82) is 0 Å². The Morgan fingerprint density at radius 2 is 2.04 bits per heavy atom. The van der Waals surface area contributed by atoms with Crippen molar-refractivity contribution in [1.82, 2.24) is 14.5 Å². The minimum absolute atomic E-state index is 0.0154. The van der Waals surface area contributed by atoms with Gasteiger partial charge in [0.05, 0.1) is 30.3 Å². The van der Waals surface area contributed by atoms with E-state index in [0.29, 0.717) is 29.0 Å². The van der Waals surface area contributed by atoms with Crippen LogP contribution >= 0.6 is 0 Å². The number of imidazole rings is 1. The van der Waals surface area contributed by atoms with Gasteiger partial charge in [-0.2, -0.15) is 0 Å². The van der Waals surface area contributed by atoms with Crippen LogP contribution in [0.3, 0.4) is 0 Å². The quantitative estimate of drug-likeness (QED) is 0.708. The molecule has 2 heterocycles. The van der Waals surface area contributed by atoms with Gasteiger partial charge in [0, 0.05) is 17.3 Å². The number of nitrogens with two attached hydrogens (primary N) is 1. The summed E-state index contributed by atoms with van der Waals surface area (Å²) in [4.78, 5) is 20.9. The van der Waals surface area contributed by atoms with Gasteiger partial charge in [0.1, 0.15) is 11.3 Å². The molecular weight excluding hydrogens is 320 g/mol. The second-order valence-corrected chi connectivity index (χ2v) is 6.98. The van der Waals surface area contributed by atoms with Crippen molar-refractivity contribution in [2.75, 3.05) is 19.5 Å². The van der Waals surface area contributed by atoms with E-state index in [-0.39, 0.29) is 12.0 Å². The lowest BCUT2D eigenvalue weighted by molar-refractivity contribution is 0.0601. The summed E-state index contributed by atoms with van der Waals surface area (Å²) < 4.78 is 6.75. The maximum absolute atomic E-state index is 11.8. The molecule has 3 rings (SSSR count). The maximum Gasteiger partial charge on any atom is 0.337 e. The molecule has 3 aromatic rings. The highest BCUT2D eigenvalue weighted by atomic mass is 16.5. The lowest BCUT2D eigenvalue weighted by atomic mass is 9.95. The fourth-order valence-corrected chi connectivity index (χ4v) is 3.05. The van der Waals surface area contributed by atoms with E-state index in [2.05, 4.69) is 25.8 Å². The average Bonchev–Trinajstić information content (AvgIpc) is 2.94. The van der Waals surface area contributed by atoms with Crippen LogP contribution in [-0.4, -0.2) is 39.3 Å². The third-order valence-corrected chi connectivity index (χ3v) is 4.12. The number of pyridine rings is 1. The minimum Gasteiger partial charge on any atom is -0.465 e. The molecule has 0 unspecified atom stereocenters. The fraction of sp³-hybridized carbons (Fsp3) is 0.389. The molecule has 2 aromatic heterocycles. The molecule has 0 fully saturated rings. The summed E-state index contributed by atoms with van der Waals surface area (Å²) in [6.45, 7) is 6.56. The van der Waals surface area contributed by atoms with Gasteiger partial charge in [-0.05, 0) is 18.2 Å². The van der Waals surface area contributed by atoms with Crippen molar-refractivity contribution in [3.63, 3.8) is 0 Å². The molecular formula is C18H22N4O3. The monoisotopic (exact) mass is 342 g/mol. The molecule has 0 aliphatic heterocycles. The number of benzene rings is 1. The number of nitrogens with zero attached hydrogens (tertiary/aromatic N) is 3. The Morgan fingerprint density at radius 1 is 1.32 bits per heavy atom. The number of aliphatic hydroxyl groups is 1. The van der Waals surface area contributed by atoms with Gasteiger partial charge in [-0.15, -0.1) is 0 Å². The number of fused-ring (bicyclic) bond motifs is 3. The topological polar surface area (TPSA) is 103 Å². The van der Waals surface area contributed by atoms with Gasteiger partial charge < -0.3 is 20.1 Å². The van der Waals surface area contributed by atoms with Crippen molar-refractivity contribution in [3.8, 4) is 0 Å². The molecule has 0 bridgehead atoms.